The molecule has 3 nitrogen and oxygen atoms in total. The average molecular weight is 906 g/mol. The minimum Gasteiger partial charge on any atom is -0.457 e. The van der Waals surface area contributed by atoms with Crippen LogP contribution in [0.5, 0.6) is 23.0 Å². The molecule has 0 bridgehead atoms. The van der Waals surface area contributed by atoms with Crippen LogP contribution in [0, 0.1) is 0 Å². The lowest BCUT2D eigenvalue weighted by Crippen LogP contribution is -2.32. The van der Waals surface area contributed by atoms with Crippen LogP contribution >= 0.6 is 0 Å². The molecule has 2 heterocycles. The highest BCUT2D eigenvalue weighted by molar-refractivity contribution is 5.94. The first-order chi connectivity index (χ1) is 35.2. The fourth-order valence-electron chi connectivity index (χ4n) is 12.7. The predicted octanol–water partition coefficient (Wildman–Crippen LogP) is 17.4. The minimum atomic E-state index is -0.601. The van der Waals surface area contributed by atoms with E-state index in [9.17, 15) is 0 Å². The zero-order valence-corrected chi connectivity index (χ0v) is 38.6. The third-order valence-electron chi connectivity index (χ3n) is 15.6. The van der Waals surface area contributed by atoms with Gasteiger partial charge in [0.1, 0.15) is 23.0 Å². The topological polar surface area (TPSA) is 21.7 Å². The SMILES string of the molecule is c1ccc(-c2cccc(N(c3cccc(-c4ccc5c(c4)-c4ccccc4C54c5ccccc5Oc5ccccc54)c3)c3ccc4c(c3)C3(c5ccccc5Oc5ccccc53)c3ccccc3-4)c2)cc1. The smallest absolute Gasteiger partial charge is 0.132 e. The van der Waals surface area contributed by atoms with Gasteiger partial charge in [0, 0.05) is 39.3 Å². The first kappa shape index (κ1) is 39.8. The molecule has 0 unspecified atom stereocenters. The Morgan fingerprint density at radius 3 is 1.15 bits per heavy atom. The van der Waals surface area contributed by atoms with Gasteiger partial charge in [-0.3, -0.25) is 0 Å². The van der Waals surface area contributed by atoms with Crippen molar-refractivity contribution in [3.63, 3.8) is 0 Å². The summed E-state index contributed by atoms with van der Waals surface area (Å²) in [7, 11) is 0. The van der Waals surface area contributed by atoms with Crippen LogP contribution in [0.15, 0.2) is 261 Å². The highest BCUT2D eigenvalue weighted by Gasteiger charge is 2.52. The van der Waals surface area contributed by atoms with Crippen LogP contribution in [0.2, 0.25) is 0 Å². The molecule has 0 saturated heterocycles. The Balaban J connectivity index is 0.931. The highest BCUT2D eigenvalue weighted by Crippen LogP contribution is 2.64. The number of hydrogen-bond acceptors (Lipinski definition) is 3. The number of fused-ring (bicyclic) bond motifs is 18. The van der Waals surface area contributed by atoms with E-state index in [1.54, 1.807) is 0 Å². The molecule has 0 fully saturated rings. The van der Waals surface area contributed by atoms with Gasteiger partial charge in [-0.15, -0.1) is 0 Å². The Kier molecular flexibility index (Phi) is 8.49. The van der Waals surface area contributed by atoms with E-state index in [1.165, 1.54) is 61.2 Å². The van der Waals surface area contributed by atoms with Crippen molar-refractivity contribution < 1.29 is 9.47 Å². The fraction of sp³-hybridized carbons (Fsp3) is 0.0294. The third-order valence-corrected chi connectivity index (χ3v) is 15.6. The number of hydrogen-bond donors (Lipinski definition) is 0. The van der Waals surface area contributed by atoms with Gasteiger partial charge in [0.2, 0.25) is 0 Å². The van der Waals surface area contributed by atoms with E-state index in [2.05, 4.69) is 266 Å². The van der Waals surface area contributed by atoms with Crippen LogP contribution in [0.4, 0.5) is 17.1 Å². The molecule has 3 heteroatoms. The molecule has 11 aromatic rings. The summed E-state index contributed by atoms with van der Waals surface area (Å²) in [6.07, 6.45) is 0. The van der Waals surface area contributed by atoms with E-state index < -0.39 is 10.8 Å². The number of ether oxygens (including phenoxy) is 2. The van der Waals surface area contributed by atoms with E-state index in [-0.39, 0.29) is 0 Å². The molecule has 71 heavy (non-hydrogen) atoms. The minimum absolute atomic E-state index is 0.519. The molecule has 2 aliphatic heterocycles. The lowest BCUT2D eigenvalue weighted by Gasteiger charge is -2.39. The number of para-hydroxylation sites is 4. The molecule has 15 rings (SSSR count). The summed E-state index contributed by atoms with van der Waals surface area (Å²) in [4.78, 5) is 2.44. The van der Waals surface area contributed by atoms with Crippen molar-refractivity contribution in [2.24, 2.45) is 0 Å². The molecule has 0 saturated carbocycles. The normalized spacial score (nSPS) is 14.1. The first-order valence-corrected chi connectivity index (χ1v) is 24.5. The summed E-state index contributed by atoms with van der Waals surface area (Å²) < 4.78 is 13.3. The number of benzene rings is 11. The van der Waals surface area contributed by atoms with Gasteiger partial charge in [-0.2, -0.15) is 0 Å². The standard InChI is InChI=1S/C68H43NO2/c1-2-18-44(19-3-1)45-20-16-22-48(40-45)69(50-37-38-53-51-24-4-6-26-55(51)68(62(53)43-50)60-30-10-14-34-65(60)71-66-35-15-11-31-61(66)68)49-23-17-21-46(41-49)47-36-39-57-54(42-47)52-25-5-7-27-56(52)67(57)58-28-8-12-32-63(58)70-64-33-13-9-29-59(64)67/h1-43H. The summed E-state index contributed by atoms with van der Waals surface area (Å²) in [6, 6.07) is 95.1. The molecule has 0 radical (unpaired) electrons. The molecule has 2 spiro atoms. The summed E-state index contributed by atoms with van der Waals surface area (Å²) in [5.41, 5.74) is 21.3. The Morgan fingerprint density at radius 2 is 0.606 bits per heavy atom. The number of nitrogens with zero attached hydrogens (tertiary/aromatic N) is 1. The number of rotatable bonds is 5. The van der Waals surface area contributed by atoms with E-state index in [0.29, 0.717) is 0 Å². The van der Waals surface area contributed by atoms with Crippen molar-refractivity contribution in [3.05, 3.63) is 305 Å². The van der Waals surface area contributed by atoms with Crippen LogP contribution in [0.1, 0.15) is 44.5 Å². The Bertz CT molecular complexity index is 3890. The molecule has 0 amide bonds. The Hall–Kier alpha value is -9.18. The fourth-order valence-corrected chi connectivity index (χ4v) is 12.7. The van der Waals surface area contributed by atoms with E-state index >= 15 is 0 Å². The van der Waals surface area contributed by atoms with Gasteiger partial charge >= 0.3 is 0 Å². The van der Waals surface area contributed by atoms with Gasteiger partial charge in [-0.05, 0) is 133 Å². The lowest BCUT2D eigenvalue weighted by atomic mass is 9.66. The summed E-state index contributed by atoms with van der Waals surface area (Å²) in [6.45, 7) is 0. The van der Waals surface area contributed by atoms with E-state index in [1.807, 2.05) is 0 Å². The molecule has 332 valence electrons. The van der Waals surface area contributed by atoms with Crippen molar-refractivity contribution >= 4 is 17.1 Å². The van der Waals surface area contributed by atoms with Gasteiger partial charge in [0.15, 0.2) is 0 Å². The molecular weight excluding hydrogens is 863 g/mol. The molecule has 11 aromatic carbocycles. The van der Waals surface area contributed by atoms with Crippen LogP contribution < -0.4 is 14.4 Å². The second-order valence-electron chi connectivity index (χ2n) is 19.1. The lowest BCUT2D eigenvalue weighted by molar-refractivity contribution is 0.436. The second-order valence-corrected chi connectivity index (χ2v) is 19.1. The predicted molar refractivity (Wildman–Crippen MR) is 287 cm³/mol. The van der Waals surface area contributed by atoms with Crippen molar-refractivity contribution in [1.82, 2.24) is 0 Å². The van der Waals surface area contributed by atoms with Gasteiger partial charge in [0.25, 0.3) is 0 Å². The molecule has 0 N–H and O–H groups in total. The van der Waals surface area contributed by atoms with Crippen LogP contribution in [-0.2, 0) is 10.8 Å². The van der Waals surface area contributed by atoms with Gasteiger partial charge in [0.05, 0.1) is 10.8 Å². The Morgan fingerprint density at radius 1 is 0.225 bits per heavy atom. The zero-order chi connectivity index (χ0) is 46.7. The summed E-state index contributed by atoms with van der Waals surface area (Å²) in [5, 5.41) is 0. The second kappa shape index (κ2) is 15.2. The van der Waals surface area contributed by atoms with Crippen LogP contribution in [0.3, 0.4) is 0 Å². The maximum atomic E-state index is 6.72. The maximum Gasteiger partial charge on any atom is 0.132 e. The van der Waals surface area contributed by atoms with Crippen molar-refractivity contribution in [3.8, 4) is 67.5 Å². The first-order valence-electron chi connectivity index (χ1n) is 24.5. The van der Waals surface area contributed by atoms with Crippen molar-refractivity contribution in [2.75, 3.05) is 4.90 Å². The van der Waals surface area contributed by atoms with Gasteiger partial charge in [-0.1, -0.05) is 194 Å². The molecule has 2 aliphatic carbocycles. The monoisotopic (exact) mass is 905 g/mol. The summed E-state index contributed by atoms with van der Waals surface area (Å²) in [5.74, 6) is 3.56. The molecule has 0 atom stereocenters. The van der Waals surface area contributed by atoms with Gasteiger partial charge < -0.3 is 14.4 Å². The van der Waals surface area contributed by atoms with E-state index in [4.69, 9.17) is 9.47 Å². The van der Waals surface area contributed by atoms with Crippen LogP contribution in [0.25, 0.3) is 44.5 Å². The number of anilines is 3. The molecule has 0 aromatic heterocycles. The Labute approximate surface area is 413 Å². The maximum absolute atomic E-state index is 6.72. The van der Waals surface area contributed by atoms with Crippen molar-refractivity contribution in [1.29, 1.82) is 0 Å². The van der Waals surface area contributed by atoms with Gasteiger partial charge in [-0.25, -0.2) is 0 Å². The largest absolute Gasteiger partial charge is 0.457 e. The van der Waals surface area contributed by atoms with Crippen LogP contribution in [-0.4, -0.2) is 0 Å². The molecule has 4 aliphatic rings. The van der Waals surface area contributed by atoms with E-state index in [0.717, 1.165) is 67.9 Å². The highest BCUT2D eigenvalue weighted by atomic mass is 16.5. The molecular formula is C68H43NO2. The summed E-state index contributed by atoms with van der Waals surface area (Å²) >= 11 is 0. The third kappa shape index (κ3) is 5.54. The zero-order valence-electron chi connectivity index (χ0n) is 38.6. The average Bonchev–Trinajstić information content (AvgIpc) is 3.89. The quantitative estimate of drug-likeness (QED) is 0.172. The van der Waals surface area contributed by atoms with Crippen molar-refractivity contribution in [2.45, 2.75) is 10.8 Å².